The van der Waals surface area contributed by atoms with Gasteiger partial charge in [-0.25, -0.2) is 4.98 Å². The zero-order valence-electron chi connectivity index (χ0n) is 15.1. The van der Waals surface area contributed by atoms with Crippen molar-refractivity contribution >= 4 is 5.91 Å². The Hall–Kier alpha value is -3.23. The van der Waals surface area contributed by atoms with Crippen molar-refractivity contribution < 1.29 is 4.79 Å². The number of H-pyrrole nitrogens is 1. The maximum atomic E-state index is 12.8. The summed E-state index contributed by atoms with van der Waals surface area (Å²) in [5, 5.41) is 8.69. The highest BCUT2D eigenvalue weighted by atomic mass is 16.2. The van der Waals surface area contributed by atoms with E-state index in [1.54, 1.807) is 29.6 Å². The summed E-state index contributed by atoms with van der Waals surface area (Å²) in [5.41, 5.74) is -0.178. The van der Waals surface area contributed by atoms with Crippen LogP contribution in [0.5, 0.6) is 0 Å². The summed E-state index contributed by atoms with van der Waals surface area (Å²) in [6.07, 6.45) is 8.68. The number of likely N-dealkylation sites (tertiary alicyclic amines) is 1. The molecule has 1 fully saturated rings. The van der Waals surface area contributed by atoms with E-state index >= 15 is 0 Å². The van der Waals surface area contributed by atoms with Crippen molar-refractivity contribution in [2.24, 2.45) is 7.05 Å². The smallest absolute Gasteiger partial charge is 0.260 e. The molecule has 1 atom stereocenters. The minimum Gasteiger partial charge on any atom is -0.338 e. The van der Waals surface area contributed by atoms with E-state index in [-0.39, 0.29) is 22.9 Å². The standard InChI is InChI=1S/C18H21N7O2/c1-23-15(11-24-9-7-19-12-24)21-22-16(23)13-4-3-8-25(10-13)18(27)14-5-2-6-20-17(14)26/h2,5-7,9,12-13H,3-4,8,10-11H2,1H3,(H,20,26). The average molecular weight is 367 g/mol. The van der Waals surface area contributed by atoms with E-state index in [4.69, 9.17) is 0 Å². The fourth-order valence-corrected chi connectivity index (χ4v) is 3.54. The molecule has 0 aliphatic carbocycles. The number of aromatic amines is 1. The van der Waals surface area contributed by atoms with Crippen LogP contribution in [0.2, 0.25) is 0 Å². The van der Waals surface area contributed by atoms with Crippen molar-refractivity contribution in [2.75, 3.05) is 13.1 Å². The third-order valence-electron chi connectivity index (χ3n) is 5.00. The number of rotatable bonds is 4. The normalized spacial score (nSPS) is 17.2. The molecule has 27 heavy (non-hydrogen) atoms. The zero-order chi connectivity index (χ0) is 18.8. The summed E-state index contributed by atoms with van der Waals surface area (Å²) in [6.45, 7) is 1.77. The lowest BCUT2D eigenvalue weighted by atomic mass is 9.96. The van der Waals surface area contributed by atoms with Gasteiger partial charge in [0.2, 0.25) is 0 Å². The number of piperidine rings is 1. The van der Waals surface area contributed by atoms with Gasteiger partial charge in [-0.2, -0.15) is 0 Å². The molecule has 1 unspecified atom stereocenters. The quantitative estimate of drug-likeness (QED) is 0.734. The molecule has 1 aliphatic heterocycles. The molecule has 140 valence electrons. The van der Waals surface area contributed by atoms with Gasteiger partial charge in [0.05, 0.1) is 12.9 Å². The lowest BCUT2D eigenvalue weighted by molar-refractivity contribution is 0.0701. The molecule has 0 bridgehead atoms. The largest absolute Gasteiger partial charge is 0.338 e. The zero-order valence-corrected chi connectivity index (χ0v) is 15.1. The molecule has 4 heterocycles. The van der Waals surface area contributed by atoms with Crippen LogP contribution in [-0.4, -0.2) is 53.2 Å². The van der Waals surface area contributed by atoms with Crippen LogP contribution in [-0.2, 0) is 13.6 Å². The van der Waals surface area contributed by atoms with Crippen LogP contribution >= 0.6 is 0 Å². The van der Waals surface area contributed by atoms with E-state index in [0.717, 1.165) is 24.5 Å². The van der Waals surface area contributed by atoms with E-state index in [2.05, 4.69) is 20.2 Å². The number of hydrogen-bond donors (Lipinski definition) is 1. The molecule has 9 heteroatoms. The van der Waals surface area contributed by atoms with Crippen LogP contribution in [0, 0.1) is 0 Å². The first-order valence-corrected chi connectivity index (χ1v) is 8.94. The number of hydrogen-bond acceptors (Lipinski definition) is 5. The van der Waals surface area contributed by atoms with Gasteiger partial charge in [-0.15, -0.1) is 10.2 Å². The van der Waals surface area contributed by atoms with E-state index in [1.165, 1.54) is 6.20 Å². The van der Waals surface area contributed by atoms with E-state index in [0.29, 0.717) is 19.6 Å². The van der Waals surface area contributed by atoms with Gasteiger partial charge in [-0.3, -0.25) is 9.59 Å². The number of aromatic nitrogens is 6. The van der Waals surface area contributed by atoms with Crippen molar-refractivity contribution in [1.29, 1.82) is 0 Å². The molecule has 1 amide bonds. The fraction of sp³-hybridized carbons (Fsp3) is 0.389. The van der Waals surface area contributed by atoms with Gasteiger partial charge in [0.15, 0.2) is 5.82 Å². The Balaban J connectivity index is 1.52. The van der Waals surface area contributed by atoms with E-state index in [1.807, 2.05) is 22.4 Å². The number of nitrogens with zero attached hydrogens (tertiary/aromatic N) is 6. The van der Waals surface area contributed by atoms with Gasteiger partial charge in [0, 0.05) is 44.6 Å². The van der Waals surface area contributed by atoms with Crippen LogP contribution in [0.15, 0.2) is 41.8 Å². The number of pyridine rings is 1. The first kappa shape index (κ1) is 17.2. The van der Waals surface area contributed by atoms with Gasteiger partial charge in [-0.1, -0.05) is 0 Å². The highest BCUT2D eigenvalue weighted by Gasteiger charge is 2.29. The molecule has 1 aliphatic rings. The summed E-state index contributed by atoms with van der Waals surface area (Å²) >= 11 is 0. The second-order valence-corrected chi connectivity index (χ2v) is 6.77. The number of carbonyl (C=O) groups excluding carboxylic acids is 1. The van der Waals surface area contributed by atoms with Crippen LogP contribution < -0.4 is 5.56 Å². The monoisotopic (exact) mass is 367 g/mol. The molecule has 9 nitrogen and oxygen atoms in total. The minimum absolute atomic E-state index is 0.0968. The Labute approximate surface area is 155 Å². The second kappa shape index (κ2) is 7.18. The van der Waals surface area contributed by atoms with E-state index in [9.17, 15) is 9.59 Å². The maximum absolute atomic E-state index is 12.8. The highest BCUT2D eigenvalue weighted by Crippen LogP contribution is 2.26. The van der Waals surface area contributed by atoms with Crippen molar-refractivity contribution in [2.45, 2.75) is 25.3 Å². The molecule has 1 N–H and O–H groups in total. The molecule has 0 aromatic carbocycles. The van der Waals surface area contributed by atoms with Crippen molar-refractivity contribution in [3.63, 3.8) is 0 Å². The van der Waals surface area contributed by atoms with Crippen molar-refractivity contribution in [3.05, 3.63) is 64.6 Å². The maximum Gasteiger partial charge on any atom is 0.260 e. The minimum atomic E-state index is -0.356. The molecule has 0 spiro atoms. The summed E-state index contributed by atoms with van der Waals surface area (Å²) < 4.78 is 3.93. The third-order valence-corrected chi connectivity index (χ3v) is 5.00. The van der Waals surface area contributed by atoms with Crippen LogP contribution in [0.25, 0.3) is 0 Å². The Kier molecular flexibility index (Phi) is 4.57. The summed E-state index contributed by atoms with van der Waals surface area (Å²) in [5.74, 6) is 1.57. The number of carbonyl (C=O) groups is 1. The molecule has 0 radical (unpaired) electrons. The summed E-state index contributed by atoms with van der Waals surface area (Å²) in [6, 6.07) is 3.23. The third kappa shape index (κ3) is 3.40. The topological polar surface area (TPSA) is 102 Å². The molecule has 1 saturated heterocycles. The number of imidazole rings is 1. The van der Waals surface area contributed by atoms with Gasteiger partial charge < -0.3 is 19.0 Å². The Morgan fingerprint density at radius 1 is 1.37 bits per heavy atom. The van der Waals surface area contributed by atoms with Crippen LogP contribution in [0.1, 0.15) is 40.8 Å². The molecule has 4 rings (SSSR count). The predicted octanol–water partition coefficient (Wildman–Crippen LogP) is 0.768. The van der Waals surface area contributed by atoms with Gasteiger partial charge in [0.25, 0.3) is 11.5 Å². The van der Waals surface area contributed by atoms with Gasteiger partial charge in [0.1, 0.15) is 11.4 Å². The average Bonchev–Trinajstić information content (AvgIpc) is 3.32. The summed E-state index contributed by atoms with van der Waals surface area (Å²) in [7, 11) is 1.95. The molecule has 0 saturated carbocycles. The lowest BCUT2D eigenvalue weighted by Gasteiger charge is -2.32. The lowest BCUT2D eigenvalue weighted by Crippen LogP contribution is -2.41. The first-order valence-electron chi connectivity index (χ1n) is 8.94. The fourth-order valence-electron chi connectivity index (χ4n) is 3.54. The van der Waals surface area contributed by atoms with Crippen LogP contribution in [0.4, 0.5) is 0 Å². The van der Waals surface area contributed by atoms with Crippen molar-refractivity contribution in [3.8, 4) is 0 Å². The molecular formula is C18H21N7O2. The van der Waals surface area contributed by atoms with E-state index < -0.39 is 0 Å². The van der Waals surface area contributed by atoms with Crippen molar-refractivity contribution in [1.82, 2.24) is 34.2 Å². The Bertz CT molecular complexity index is 989. The molecular weight excluding hydrogens is 346 g/mol. The Morgan fingerprint density at radius 3 is 3.04 bits per heavy atom. The Morgan fingerprint density at radius 2 is 2.26 bits per heavy atom. The summed E-state index contributed by atoms with van der Waals surface area (Å²) in [4.78, 5) is 33.0. The molecule has 3 aromatic heterocycles. The molecule has 3 aromatic rings. The second-order valence-electron chi connectivity index (χ2n) is 6.77. The predicted molar refractivity (Wildman–Crippen MR) is 97.3 cm³/mol. The van der Waals surface area contributed by atoms with Gasteiger partial charge >= 0.3 is 0 Å². The highest BCUT2D eigenvalue weighted by molar-refractivity contribution is 5.93. The van der Waals surface area contributed by atoms with Crippen LogP contribution in [0.3, 0.4) is 0 Å². The first-order chi connectivity index (χ1) is 13.1. The number of amides is 1. The number of nitrogens with one attached hydrogen (secondary N) is 1. The van der Waals surface area contributed by atoms with Gasteiger partial charge in [-0.05, 0) is 25.0 Å². The SMILES string of the molecule is Cn1c(Cn2ccnc2)nnc1C1CCCN(C(=O)c2ccc[nH]c2=O)C1.